The van der Waals surface area contributed by atoms with E-state index in [4.69, 9.17) is 0 Å². The number of hydrogen-bond acceptors (Lipinski definition) is 3. The van der Waals surface area contributed by atoms with Gasteiger partial charge in [0.1, 0.15) is 0 Å². The lowest BCUT2D eigenvalue weighted by atomic mass is 10.2. The van der Waals surface area contributed by atoms with Crippen molar-refractivity contribution in [1.29, 1.82) is 0 Å². The first kappa shape index (κ1) is 11.3. The fourth-order valence-electron chi connectivity index (χ4n) is 1.56. The van der Waals surface area contributed by atoms with Gasteiger partial charge in [-0.15, -0.1) is 5.10 Å². The Kier molecular flexibility index (Phi) is 3.45. The first-order chi connectivity index (χ1) is 8.35. The number of aromatic nitrogens is 3. The highest BCUT2D eigenvalue weighted by Crippen LogP contribution is 2.09. The molecule has 2 aromatic rings. The third kappa shape index (κ3) is 2.47. The SMILES string of the molecule is CCn1nnc(C=O)c1/C=C/c1ccccc1. The first-order valence-electron chi connectivity index (χ1n) is 5.47. The number of aryl methyl sites for hydroxylation is 1. The lowest BCUT2D eigenvalue weighted by Crippen LogP contribution is -1.99. The molecule has 0 aliphatic carbocycles. The van der Waals surface area contributed by atoms with Crippen LogP contribution in [0.3, 0.4) is 0 Å². The van der Waals surface area contributed by atoms with Crippen molar-refractivity contribution >= 4 is 18.4 Å². The molecule has 0 aliphatic heterocycles. The van der Waals surface area contributed by atoms with Crippen LogP contribution in [-0.4, -0.2) is 21.3 Å². The third-order valence-corrected chi connectivity index (χ3v) is 2.45. The minimum absolute atomic E-state index is 0.374. The molecule has 0 aliphatic rings. The van der Waals surface area contributed by atoms with E-state index in [1.165, 1.54) is 0 Å². The average molecular weight is 227 g/mol. The van der Waals surface area contributed by atoms with Crippen LogP contribution in [0.1, 0.15) is 28.7 Å². The molecule has 1 aromatic carbocycles. The quantitative estimate of drug-likeness (QED) is 0.753. The molecule has 0 atom stereocenters. The van der Waals surface area contributed by atoms with Gasteiger partial charge < -0.3 is 0 Å². The van der Waals surface area contributed by atoms with Gasteiger partial charge >= 0.3 is 0 Å². The van der Waals surface area contributed by atoms with E-state index < -0.39 is 0 Å². The fourth-order valence-corrected chi connectivity index (χ4v) is 1.56. The minimum Gasteiger partial charge on any atom is -0.296 e. The second kappa shape index (κ2) is 5.21. The van der Waals surface area contributed by atoms with Gasteiger partial charge in [-0.3, -0.25) is 4.79 Å². The van der Waals surface area contributed by atoms with E-state index in [0.717, 1.165) is 17.5 Å². The van der Waals surface area contributed by atoms with Crippen molar-refractivity contribution < 1.29 is 4.79 Å². The van der Waals surface area contributed by atoms with Gasteiger partial charge in [0, 0.05) is 6.54 Å². The van der Waals surface area contributed by atoms with Crippen LogP contribution in [0.15, 0.2) is 30.3 Å². The molecular formula is C13H13N3O. The Morgan fingerprint density at radius 3 is 2.65 bits per heavy atom. The number of hydrogen-bond donors (Lipinski definition) is 0. The lowest BCUT2D eigenvalue weighted by Gasteiger charge is -1.98. The van der Waals surface area contributed by atoms with E-state index in [2.05, 4.69) is 10.3 Å². The Hall–Kier alpha value is -2.23. The summed E-state index contributed by atoms with van der Waals surface area (Å²) < 4.78 is 1.70. The fraction of sp³-hybridized carbons (Fsp3) is 0.154. The predicted molar refractivity (Wildman–Crippen MR) is 66.5 cm³/mol. The Labute approximate surface area is 99.6 Å². The van der Waals surface area contributed by atoms with Crippen LogP contribution in [0, 0.1) is 0 Å². The normalized spacial score (nSPS) is 10.9. The van der Waals surface area contributed by atoms with Crippen molar-refractivity contribution in [3.05, 3.63) is 47.3 Å². The standard InChI is InChI=1S/C13H13N3O/c1-2-16-13(12(10-17)14-15-16)9-8-11-6-4-3-5-7-11/h3-10H,2H2,1H3/b9-8+. The molecule has 0 saturated heterocycles. The highest BCUT2D eigenvalue weighted by Gasteiger charge is 2.07. The first-order valence-corrected chi connectivity index (χ1v) is 5.47. The highest BCUT2D eigenvalue weighted by atomic mass is 16.1. The van der Waals surface area contributed by atoms with E-state index in [1.54, 1.807) is 4.68 Å². The number of benzene rings is 1. The molecule has 0 radical (unpaired) electrons. The summed E-state index contributed by atoms with van der Waals surface area (Å²) in [5.74, 6) is 0. The van der Waals surface area contributed by atoms with Crippen molar-refractivity contribution in [2.24, 2.45) is 0 Å². The summed E-state index contributed by atoms with van der Waals surface area (Å²) in [4.78, 5) is 10.8. The molecule has 0 fully saturated rings. The molecule has 1 aromatic heterocycles. The van der Waals surface area contributed by atoms with Gasteiger partial charge in [-0.2, -0.15) is 0 Å². The van der Waals surface area contributed by atoms with Crippen molar-refractivity contribution in [1.82, 2.24) is 15.0 Å². The number of carbonyl (C=O) groups is 1. The van der Waals surface area contributed by atoms with E-state index >= 15 is 0 Å². The summed E-state index contributed by atoms with van der Waals surface area (Å²) in [5.41, 5.74) is 2.19. The molecule has 0 N–H and O–H groups in total. The molecule has 1 heterocycles. The van der Waals surface area contributed by atoms with Crippen molar-refractivity contribution in [2.45, 2.75) is 13.5 Å². The highest BCUT2D eigenvalue weighted by molar-refractivity contribution is 5.81. The summed E-state index contributed by atoms with van der Waals surface area (Å²) in [6.45, 7) is 2.65. The molecule has 17 heavy (non-hydrogen) atoms. The van der Waals surface area contributed by atoms with Crippen LogP contribution < -0.4 is 0 Å². The molecule has 86 valence electrons. The van der Waals surface area contributed by atoms with Gasteiger partial charge in [-0.1, -0.05) is 41.6 Å². The zero-order valence-corrected chi connectivity index (χ0v) is 9.58. The lowest BCUT2D eigenvalue weighted by molar-refractivity contribution is 0.111. The van der Waals surface area contributed by atoms with Gasteiger partial charge in [0.2, 0.25) is 0 Å². The van der Waals surface area contributed by atoms with Crippen LogP contribution >= 0.6 is 0 Å². The Morgan fingerprint density at radius 1 is 1.24 bits per heavy atom. The van der Waals surface area contributed by atoms with Crippen molar-refractivity contribution in [3.63, 3.8) is 0 Å². The zero-order valence-electron chi connectivity index (χ0n) is 9.58. The molecule has 0 bridgehead atoms. The van der Waals surface area contributed by atoms with Gasteiger partial charge in [0.25, 0.3) is 0 Å². The molecular weight excluding hydrogens is 214 g/mol. The van der Waals surface area contributed by atoms with Crippen molar-refractivity contribution in [2.75, 3.05) is 0 Å². The largest absolute Gasteiger partial charge is 0.296 e. The second-order valence-corrected chi connectivity index (χ2v) is 3.54. The second-order valence-electron chi connectivity index (χ2n) is 3.54. The van der Waals surface area contributed by atoms with Gasteiger partial charge in [0.05, 0.1) is 5.69 Å². The maximum atomic E-state index is 10.8. The summed E-state index contributed by atoms with van der Waals surface area (Å²) in [6, 6.07) is 9.89. The van der Waals surface area contributed by atoms with E-state index in [1.807, 2.05) is 49.4 Å². The monoisotopic (exact) mass is 227 g/mol. The molecule has 2 rings (SSSR count). The van der Waals surface area contributed by atoms with Crippen LogP contribution in [0.5, 0.6) is 0 Å². The smallest absolute Gasteiger partial charge is 0.172 e. The molecule has 0 amide bonds. The summed E-state index contributed by atoms with van der Waals surface area (Å²) >= 11 is 0. The maximum absolute atomic E-state index is 10.8. The Morgan fingerprint density at radius 2 is 2.00 bits per heavy atom. The van der Waals surface area contributed by atoms with Gasteiger partial charge in [-0.25, -0.2) is 4.68 Å². The van der Waals surface area contributed by atoms with E-state index in [0.29, 0.717) is 12.2 Å². The molecule has 0 unspecified atom stereocenters. The predicted octanol–water partition coefficient (Wildman–Crippen LogP) is 2.28. The summed E-state index contributed by atoms with van der Waals surface area (Å²) in [5, 5.41) is 7.71. The summed E-state index contributed by atoms with van der Waals surface area (Å²) in [6.07, 6.45) is 4.53. The van der Waals surface area contributed by atoms with E-state index in [-0.39, 0.29) is 0 Å². The van der Waals surface area contributed by atoms with Crippen LogP contribution in [0.4, 0.5) is 0 Å². The molecule has 4 nitrogen and oxygen atoms in total. The van der Waals surface area contributed by atoms with Crippen LogP contribution in [-0.2, 0) is 6.54 Å². The third-order valence-electron chi connectivity index (χ3n) is 2.45. The van der Waals surface area contributed by atoms with Crippen molar-refractivity contribution in [3.8, 4) is 0 Å². The zero-order chi connectivity index (χ0) is 12.1. The van der Waals surface area contributed by atoms with Gasteiger partial charge in [0.15, 0.2) is 12.0 Å². The van der Waals surface area contributed by atoms with Gasteiger partial charge in [-0.05, 0) is 18.6 Å². The maximum Gasteiger partial charge on any atom is 0.172 e. The van der Waals surface area contributed by atoms with E-state index in [9.17, 15) is 4.79 Å². The molecule has 0 saturated carbocycles. The van der Waals surface area contributed by atoms with Crippen LogP contribution in [0.2, 0.25) is 0 Å². The summed E-state index contributed by atoms with van der Waals surface area (Å²) in [7, 11) is 0. The minimum atomic E-state index is 0.374. The topological polar surface area (TPSA) is 47.8 Å². The molecule has 0 spiro atoms. The average Bonchev–Trinajstić information content (AvgIpc) is 2.79. The number of nitrogens with zero attached hydrogens (tertiary/aromatic N) is 3. The Bertz CT molecular complexity index is 529. The number of carbonyl (C=O) groups excluding carboxylic acids is 1. The van der Waals surface area contributed by atoms with Crippen LogP contribution in [0.25, 0.3) is 12.2 Å². The number of rotatable bonds is 4. The molecule has 4 heteroatoms. The number of aldehydes is 1. The Balaban J connectivity index is 2.32.